The average molecular weight is 336 g/mol. The summed E-state index contributed by atoms with van der Waals surface area (Å²) < 4.78 is 6.77. The first kappa shape index (κ1) is 17.0. The van der Waals surface area contributed by atoms with Gasteiger partial charge in [0.05, 0.1) is 6.20 Å². The Morgan fingerprint density at radius 2 is 2.04 bits per heavy atom. The zero-order valence-electron chi connectivity index (χ0n) is 12.8. The highest BCUT2D eigenvalue weighted by molar-refractivity contribution is 6.29. The Kier molecular flexibility index (Phi) is 6.17. The molecule has 1 N–H and O–H groups in total. The van der Waals surface area contributed by atoms with Gasteiger partial charge in [0.25, 0.3) is 5.91 Å². The molecule has 6 nitrogen and oxygen atoms in total. The van der Waals surface area contributed by atoms with Crippen molar-refractivity contribution in [1.29, 1.82) is 0 Å². The molecule has 0 spiro atoms. The molecule has 7 heteroatoms. The fourth-order valence-electron chi connectivity index (χ4n) is 1.90. The molecule has 1 aromatic heterocycles. The first-order chi connectivity index (χ1) is 11.1. The third-order valence-electron chi connectivity index (χ3n) is 3.27. The van der Waals surface area contributed by atoms with Gasteiger partial charge in [-0.15, -0.1) is 0 Å². The van der Waals surface area contributed by atoms with E-state index < -0.39 is 0 Å². The maximum absolute atomic E-state index is 11.8. The van der Waals surface area contributed by atoms with Crippen molar-refractivity contribution in [3.8, 4) is 0 Å². The van der Waals surface area contributed by atoms with Gasteiger partial charge in [0.15, 0.2) is 0 Å². The first-order valence-electron chi connectivity index (χ1n) is 7.23. The average Bonchev–Trinajstić information content (AvgIpc) is 2.89. The number of carbonyl (C=O) groups excluding carboxylic acids is 2. The molecule has 0 atom stereocenters. The molecule has 1 amide bonds. The standard InChI is InChI=1S/C16H18ClN3O3/c1-20-13(17)10-19-14(20)11-23-15(21)8-5-9-18-16(22)12-6-3-2-4-7-12/h2-4,6-7,10H,5,8-9,11H2,1H3,(H,18,22). The number of carbonyl (C=O) groups is 2. The molecule has 0 saturated carbocycles. The minimum atomic E-state index is -0.335. The zero-order valence-corrected chi connectivity index (χ0v) is 13.5. The fourth-order valence-corrected chi connectivity index (χ4v) is 2.05. The second-order valence-corrected chi connectivity index (χ2v) is 5.33. The number of halogens is 1. The van der Waals surface area contributed by atoms with Crippen LogP contribution in [0.25, 0.3) is 0 Å². The molecular weight excluding hydrogens is 318 g/mol. The molecule has 2 aromatic rings. The summed E-state index contributed by atoms with van der Waals surface area (Å²) in [5.41, 5.74) is 0.599. The quantitative estimate of drug-likeness (QED) is 0.622. The normalized spacial score (nSPS) is 10.3. The van der Waals surface area contributed by atoms with E-state index in [1.54, 1.807) is 35.9 Å². The van der Waals surface area contributed by atoms with Gasteiger partial charge in [-0.1, -0.05) is 29.8 Å². The number of rotatable bonds is 7. The largest absolute Gasteiger partial charge is 0.458 e. The van der Waals surface area contributed by atoms with Crippen molar-refractivity contribution in [3.05, 3.63) is 53.1 Å². The molecule has 23 heavy (non-hydrogen) atoms. The van der Waals surface area contributed by atoms with E-state index in [1.807, 2.05) is 6.07 Å². The van der Waals surface area contributed by atoms with Crippen LogP contribution in [0.4, 0.5) is 0 Å². The van der Waals surface area contributed by atoms with Crippen LogP contribution in [-0.2, 0) is 23.2 Å². The highest BCUT2D eigenvalue weighted by Crippen LogP contribution is 2.10. The molecule has 1 aromatic carbocycles. The lowest BCUT2D eigenvalue weighted by Crippen LogP contribution is -2.25. The molecule has 1 heterocycles. The van der Waals surface area contributed by atoms with Crippen LogP contribution >= 0.6 is 11.6 Å². The van der Waals surface area contributed by atoms with Gasteiger partial charge in [0.1, 0.15) is 17.6 Å². The molecule has 0 aliphatic rings. The van der Waals surface area contributed by atoms with E-state index in [4.69, 9.17) is 16.3 Å². The number of hydrogen-bond acceptors (Lipinski definition) is 4. The topological polar surface area (TPSA) is 73.2 Å². The van der Waals surface area contributed by atoms with Crippen LogP contribution in [0.5, 0.6) is 0 Å². The summed E-state index contributed by atoms with van der Waals surface area (Å²) in [4.78, 5) is 27.5. The summed E-state index contributed by atoms with van der Waals surface area (Å²) >= 11 is 5.85. The minimum Gasteiger partial charge on any atom is -0.458 e. The van der Waals surface area contributed by atoms with Crippen molar-refractivity contribution in [2.75, 3.05) is 6.54 Å². The summed E-state index contributed by atoms with van der Waals surface area (Å²) in [6, 6.07) is 8.93. The van der Waals surface area contributed by atoms with Gasteiger partial charge in [0, 0.05) is 25.6 Å². The van der Waals surface area contributed by atoms with E-state index in [1.165, 1.54) is 6.20 Å². The Morgan fingerprint density at radius 1 is 1.30 bits per heavy atom. The van der Waals surface area contributed by atoms with E-state index in [0.29, 0.717) is 29.5 Å². The number of benzene rings is 1. The Hall–Kier alpha value is -2.34. The van der Waals surface area contributed by atoms with Crippen LogP contribution in [0.1, 0.15) is 29.0 Å². The van der Waals surface area contributed by atoms with Gasteiger partial charge >= 0.3 is 5.97 Å². The Bertz CT molecular complexity index is 670. The third-order valence-corrected chi connectivity index (χ3v) is 3.62. The molecule has 0 saturated heterocycles. The number of amides is 1. The molecule has 0 aliphatic carbocycles. The second-order valence-electron chi connectivity index (χ2n) is 4.94. The van der Waals surface area contributed by atoms with E-state index in [0.717, 1.165) is 0 Å². The number of nitrogens with one attached hydrogen (secondary N) is 1. The van der Waals surface area contributed by atoms with Gasteiger partial charge in [-0.05, 0) is 18.6 Å². The zero-order chi connectivity index (χ0) is 16.7. The van der Waals surface area contributed by atoms with Crippen LogP contribution in [0.3, 0.4) is 0 Å². The van der Waals surface area contributed by atoms with Gasteiger partial charge in [-0.25, -0.2) is 4.98 Å². The summed E-state index contributed by atoms with van der Waals surface area (Å²) in [6.45, 7) is 0.496. The Morgan fingerprint density at radius 3 is 2.70 bits per heavy atom. The summed E-state index contributed by atoms with van der Waals surface area (Å²) in [5.74, 6) is 0.0976. The third kappa shape index (κ3) is 5.10. The minimum absolute atomic E-state index is 0.0818. The van der Waals surface area contributed by atoms with Crippen LogP contribution in [0.15, 0.2) is 36.5 Å². The summed E-state index contributed by atoms with van der Waals surface area (Å²) in [7, 11) is 1.75. The predicted octanol–water partition coefficient (Wildman–Crippen LogP) is 2.33. The lowest BCUT2D eigenvalue weighted by atomic mass is 10.2. The van der Waals surface area contributed by atoms with E-state index >= 15 is 0 Å². The molecule has 0 aliphatic heterocycles. The molecular formula is C16H18ClN3O3. The SMILES string of the molecule is Cn1c(Cl)cnc1COC(=O)CCCNC(=O)c1ccccc1. The Balaban J connectivity index is 1.63. The highest BCUT2D eigenvalue weighted by atomic mass is 35.5. The van der Waals surface area contributed by atoms with Crippen molar-refractivity contribution in [3.63, 3.8) is 0 Å². The van der Waals surface area contributed by atoms with Gasteiger partial charge in [0.2, 0.25) is 0 Å². The molecule has 0 bridgehead atoms. The van der Waals surface area contributed by atoms with Crippen molar-refractivity contribution >= 4 is 23.5 Å². The molecule has 2 rings (SSSR count). The van der Waals surface area contributed by atoms with Gasteiger partial charge < -0.3 is 14.6 Å². The van der Waals surface area contributed by atoms with Gasteiger partial charge in [-0.3, -0.25) is 9.59 Å². The molecule has 0 radical (unpaired) electrons. The van der Waals surface area contributed by atoms with Crippen molar-refractivity contribution in [1.82, 2.24) is 14.9 Å². The predicted molar refractivity (Wildman–Crippen MR) is 86.0 cm³/mol. The van der Waals surface area contributed by atoms with E-state index in [9.17, 15) is 9.59 Å². The smallest absolute Gasteiger partial charge is 0.306 e. The molecule has 0 fully saturated rings. The highest BCUT2D eigenvalue weighted by Gasteiger charge is 2.09. The van der Waals surface area contributed by atoms with Crippen molar-refractivity contribution in [2.45, 2.75) is 19.4 Å². The lowest BCUT2D eigenvalue weighted by molar-refractivity contribution is -0.145. The summed E-state index contributed by atoms with van der Waals surface area (Å²) in [6.07, 6.45) is 2.25. The van der Waals surface area contributed by atoms with Crippen LogP contribution in [0, 0.1) is 0 Å². The monoisotopic (exact) mass is 335 g/mol. The maximum Gasteiger partial charge on any atom is 0.306 e. The first-order valence-corrected chi connectivity index (χ1v) is 7.60. The van der Waals surface area contributed by atoms with Gasteiger partial charge in [-0.2, -0.15) is 0 Å². The molecule has 122 valence electrons. The van der Waals surface area contributed by atoms with E-state index in [2.05, 4.69) is 10.3 Å². The lowest BCUT2D eigenvalue weighted by Gasteiger charge is -2.06. The molecule has 0 unspecified atom stereocenters. The number of aromatic nitrogens is 2. The van der Waals surface area contributed by atoms with Crippen LogP contribution in [0.2, 0.25) is 5.15 Å². The number of imidazole rings is 1. The fraction of sp³-hybridized carbons (Fsp3) is 0.312. The summed E-state index contributed by atoms with van der Waals surface area (Å²) in [5, 5.41) is 3.25. The van der Waals surface area contributed by atoms with Crippen molar-refractivity contribution in [2.24, 2.45) is 7.05 Å². The van der Waals surface area contributed by atoms with Crippen LogP contribution < -0.4 is 5.32 Å². The van der Waals surface area contributed by atoms with Crippen molar-refractivity contribution < 1.29 is 14.3 Å². The van der Waals surface area contributed by atoms with Crippen LogP contribution in [-0.4, -0.2) is 28.0 Å². The second kappa shape index (κ2) is 8.33. The maximum atomic E-state index is 11.8. The van der Waals surface area contributed by atoms with E-state index in [-0.39, 0.29) is 24.9 Å². The number of ether oxygens (including phenoxy) is 1. The number of esters is 1. The Labute approximate surface area is 139 Å². The number of nitrogens with zero attached hydrogens (tertiary/aromatic N) is 2. The number of hydrogen-bond donors (Lipinski definition) is 1.